The molecule has 2 nitrogen and oxygen atoms in total. The summed E-state index contributed by atoms with van der Waals surface area (Å²) in [6, 6.07) is 13.3. The zero-order chi connectivity index (χ0) is 11.9. The molecule has 0 saturated carbocycles. The van der Waals surface area contributed by atoms with Crippen molar-refractivity contribution in [1.82, 2.24) is 10.3 Å². The second-order valence-corrected chi connectivity index (χ2v) is 5.69. The van der Waals surface area contributed by atoms with E-state index in [1.165, 1.54) is 27.0 Å². The average Bonchev–Trinajstić information content (AvgIpc) is 3.05. The SMILES string of the molecule is c1csc([C@H]2NCCc3c2[nH]c2ccccc32)c1. The van der Waals surface area contributed by atoms with Crippen molar-refractivity contribution < 1.29 is 0 Å². The molecule has 18 heavy (non-hydrogen) atoms. The lowest BCUT2D eigenvalue weighted by Gasteiger charge is -2.23. The van der Waals surface area contributed by atoms with Gasteiger partial charge in [-0.2, -0.15) is 0 Å². The lowest BCUT2D eigenvalue weighted by atomic mass is 9.98. The number of para-hydroxylation sites is 1. The van der Waals surface area contributed by atoms with E-state index in [1.807, 2.05) is 11.3 Å². The Bertz CT molecular complexity index is 682. The summed E-state index contributed by atoms with van der Waals surface area (Å²) in [5.41, 5.74) is 4.10. The number of benzene rings is 1. The number of hydrogen-bond donors (Lipinski definition) is 2. The first-order chi connectivity index (χ1) is 8.93. The monoisotopic (exact) mass is 254 g/mol. The zero-order valence-corrected chi connectivity index (χ0v) is 10.8. The van der Waals surface area contributed by atoms with Gasteiger partial charge < -0.3 is 10.3 Å². The highest BCUT2D eigenvalue weighted by Gasteiger charge is 2.25. The quantitative estimate of drug-likeness (QED) is 0.684. The van der Waals surface area contributed by atoms with E-state index in [-0.39, 0.29) is 0 Å². The van der Waals surface area contributed by atoms with Gasteiger partial charge in [0.15, 0.2) is 0 Å². The molecule has 0 amide bonds. The minimum atomic E-state index is 0.334. The van der Waals surface area contributed by atoms with E-state index in [0.717, 1.165) is 13.0 Å². The topological polar surface area (TPSA) is 27.8 Å². The van der Waals surface area contributed by atoms with Gasteiger partial charge in [0.1, 0.15) is 0 Å². The maximum Gasteiger partial charge on any atom is 0.0826 e. The molecule has 1 aliphatic rings. The standard InChI is InChI=1S/C15H14N2S/c1-2-5-12-10(4-1)11-7-8-16-15(14(11)17-12)13-6-3-9-18-13/h1-6,9,15-17H,7-8H2/t15-/m1/s1. The van der Waals surface area contributed by atoms with E-state index in [2.05, 4.69) is 52.1 Å². The van der Waals surface area contributed by atoms with Crippen LogP contribution in [0, 0.1) is 0 Å². The van der Waals surface area contributed by atoms with Crippen LogP contribution in [0.3, 0.4) is 0 Å². The van der Waals surface area contributed by atoms with Gasteiger partial charge in [-0.1, -0.05) is 24.3 Å². The molecule has 1 aromatic carbocycles. The molecule has 0 aliphatic carbocycles. The van der Waals surface area contributed by atoms with E-state index >= 15 is 0 Å². The molecule has 0 unspecified atom stereocenters. The van der Waals surface area contributed by atoms with E-state index in [4.69, 9.17) is 0 Å². The van der Waals surface area contributed by atoms with Crippen LogP contribution in [0.2, 0.25) is 0 Å². The van der Waals surface area contributed by atoms with Crippen LogP contribution in [-0.4, -0.2) is 11.5 Å². The number of nitrogens with one attached hydrogen (secondary N) is 2. The van der Waals surface area contributed by atoms with Crippen LogP contribution < -0.4 is 5.32 Å². The Morgan fingerprint density at radius 1 is 1.11 bits per heavy atom. The molecule has 1 atom stereocenters. The molecule has 0 radical (unpaired) electrons. The van der Waals surface area contributed by atoms with E-state index < -0.39 is 0 Å². The van der Waals surface area contributed by atoms with Crippen molar-refractivity contribution in [2.24, 2.45) is 0 Å². The van der Waals surface area contributed by atoms with Gasteiger partial charge in [-0.25, -0.2) is 0 Å². The van der Waals surface area contributed by atoms with Gasteiger partial charge in [-0.05, 0) is 29.5 Å². The fraction of sp³-hybridized carbons (Fsp3) is 0.200. The third-order valence-electron chi connectivity index (χ3n) is 3.69. The highest BCUT2D eigenvalue weighted by molar-refractivity contribution is 7.10. The minimum Gasteiger partial charge on any atom is -0.357 e. The normalized spacial score (nSPS) is 19.0. The smallest absolute Gasteiger partial charge is 0.0826 e. The lowest BCUT2D eigenvalue weighted by Crippen LogP contribution is -2.29. The Morgan fingerprint density at radius 2 is 2.06 bits per heavy atom. The molecule has 90 valence electrons. The van der Waals surface area contributed by atoms with Gasteiger partial charge in [0, 0.05) is 28.0 Å². The second-order valence-electron chi connectivity index (χ2n) is 4.72. The molecule has 3 heteroatoms. The number of fused-ring (bicyclic) bond motifs is 3. The maximum absolute atomic E-state index is 3.62. The van der Waals surface area contributed by atoms with Gasteiger partial charge in [0.05, 0.1) is 6.04 Å². The van der Waals surface area contributed by atoms with Crippen LogP contribution >= 0.6 is 11.3 Å². The van der Waals surface area contributed by atoms with Crippen molar-refractivity contribution in [3.8, 4) is 0 Å². The summed E-state index contributed by atoms with van der Waals surface area (Å²) < 4.78 is 0. The fourth-order valence-corrected chi connectivity index (χ4v) is 3.69. The van der Waals surface area contributed by atoms with Crippen LogP contribution in [0.25, 0.3) is 10.9 Å². The Balaban J connectivity index is 1.94. The van der Waals surface area contributed by atoms with E-state index in [1.54, 1.807) is 0 Å². The first-order valence-electron chi connectivity index (χ1n) is 6.30. The highest BCUT2D eigenvalue weighted by Crippen LogP contribution is 2.34. The predicted octanol–water partition coefficient (Wildman–Crippen LogP) is 3.46. The van der Waals surface area contributed by atoms with Gasteiger partial charge in [-0.3, -0.25) is 0 Å². The van der Waals surface area contributed by atoms with E-state index in [9.17, 15) is 0 Å². The first-order valence-corrected chi connectivity index (χ1v) is 7.18. The van der Waals surface area contributed by atoms with Gasteiger partial charge >= 0.3 is 0 Å². The Kier molecular flexibility index (Phi) is 2.28. The third kappa shape index (κ3) is 1.44. The van der Waals surface area contributed by atoms with Crippen LogP contribution in [0.15, 0.2) is 41.8 Å². The summed E-state index contributed by atoms with van der Waals surface area (Å²) in [4.78, 5) is 4.99. The van der Waals surface area contributed by atoms with Crippen molar-refractivity contribution in [2.45, 2.75) is 12.5 Å². The fourth-order valence-electron chi connectivity index (χ4n) is 2.88. The number of thiophene rings is 1. The number of hydrogen-bond acceptors (Lipinski definition) is 2. The molecule has 4 rings (SSSR count). The number of rotatable bonds is 1. The molecule has 0 spiro atoms. The molecule has 2 N–H and O–H groups in total. The first kappa shape index (κ1) is 10.4. The largest absolute Gasteiger partial charge is 0.357 e. The van der Waals surface area contributed by atoms with Crippen molar-refractivity contribution in [1.29, 1.82) is 0 Å². The average molecular weight is 254 g/mol. The molecule has 2 aromatic heterocycles. The van der Waals surface area contributed by atoms with Crippen molar-refractivity contribution in [3.05, 3.63) is 57.9 Å². The van der Waals surface area contributed by atoms with Gasteiger partial charge in [0.25, 0.3) is 0 Å². The summed E-state index contributed by atoms with van der Waals surface area (Å²) >= 11 is 1.82. The second kappa shape index (κ2) is 3.97. The third-order valence-corrected chi connectivity index (χ3v) is 4.62. The molecule has 3 heterocycles. The van der Waals surface area contributed by atoms with Crippen LogP contribution in [-0.2, 0) is 6.42 Å². The molecular weight excluding hydrogens is 240 g/mol. The van der Waals surface area contributed by atoms with Crippen LogP contribution in [0.4, 0.5) is 0 Å². The maximum atomic E-state index is 3.62. The van der Waals surface area contributed by atoms with Crippen molar-refractivity contribution in [3.63, 3.8) is 0 Å². The highest BCUT2D eigenvalue weighted by atomic mass is 32.1. The molecule has 0 bridgehead atoms. The number of aromatic nitrogens is 1. The zero-order valence-electron chi connectivity index (χ0n) is 9.94. The minimum absolute atomic E-state index is 0.334. The Labute approximate surface area is 110 Å². The number of aromatic amines is 1. The van der Waals surface area contributed by atoms with Crippen LogP contribution in [0.5, 0.6) is 0 Å². The lowest BCUT2D eigenvalue weighted by molar-refractivity contribution is 0.567. The van der Waals surface area contributed by atoms with Gasteiger partial charge in [0.2, 0.25) is 0 Å². The molecule has 0 fully saturated rings. The summed E-state index contributed by atoms with van der Waals surface area (Å²) in [6.07, 6.45) is 1.11. The summed E-state index contributed by atoms with van der Waals surface area (Å²) in [6.45, 7) is 1.05. The Hall–Kier alpha value is -1.58. The summed E-state index contributed by atoms with van der Waals surface area (Å²) in [5, 5.41) is 7.15. The number of H-pyrrole nitrogens is 1. The summed E-state index contributed by atoms with van der Waals surface area (Å²) in [5.74, 6) is 0. The molecular formula is C15H14N2S. The van der Waals surface area contributed by atoms with Gasteiger partial charge in [-0.15, -0.1) is 11.3 Å². The molecule has 3 aromatic rings. The predicted molar refractivity (Wildman–Crippen MR) is 76.2 cm³/mol. The van der Waals surface area contributed by atoms with Crippen LogP contribution in [0.1, 0.15) is 22.2 Å². The molecule has 1 aliphatic heterocycles. The summed E-state index contributed by atoms with van der Waals surface area (Å²) in [7, 11) is 0. The van der Waals surface area contributed by atoms with Crippen molar-refractivity contribution in [2.75, 3.05) is 6.54 Å². The molecule has 0 saturated heterocycles. The Morgan fingerprint density at radius 3 is 2.94 bits per heavy atom. The van der Waals surface area contributed by atoms with Crippen molar-refractivity contribution >= 4 is 22.2 Å². The van der Waals surface area contributed by atoms with E-state index in [0.29, 0.717) is 6.04 Å².